The van der Waals surface area contributed by atoms with Crippen LogP contribution in [0.15, 0.2) is 42.5 Å². The summed E-state index contributed by atoms with van der Waals surface area (Å²) in [7, 11) is 1.70. The summed E-state index contributed by atoms with van der Waals surface area (Å²) in [5, 5.41) is 4.45. The molecule has 2 aromatic carbocycles. The number of aromatic nitrogens is 1. The van der Waals surface area contributed by atoms with Gasteiger partial charge in [-0.25, -0.2) is 9.78 Å². The van der Waals surface area contributed by atoms with Crippen LogP contribution in [0.25, 0.3) is 10.9 Å². The van der Waals surface area contributed by atoms with Crippen LogP contribution < -0.4 is 5.32 Å². The molecule has 0 atom stereocenters. The van der Waals surface area contributed by atoms with Gasteiger partial charge in [-0.3, -0.25) is 4.79 Å². The van der Waals surface area contributed by atoms with Crippen LogP contribution in [0, 0.1) is 6.92 Å². The fourth-order valence-corrected chi connectivity index (χ4v) is 3.88. The van der Waals surface area contributed by atoms with E-state index in [0.29, 0.717) is 17.4 Å². The van der Waals surface area contributed by atoms with E-state index in [-0.39, 0.29) is 12.0 Å². The van der Waals surface area contributed by atoms with Crippen LogP contribution in [-0.2, 0) is 28.9 Å². The molecule has 1 heterocycles. The van der Waals surface area contributed by atoms with Crippen LogP contribution >= 0.6 is 11.6 Å². The molecule has 0 aliphatic heterocycles. The van der Waals surface area contributed by atoms with Gasteiger partial charge in [-0.1, -0.05) is 35.9 Å². The number of amides is 2. The number of ether oxygens (including phenoxy) is 1. The third-order valence-corrected chi connectivity index (χ3v) is 5.68. The minimum Gasteiger partial charge on any atom is -0.444 e. The summed E-state index contributed by atoms with van der Waals surface area (Å²) in [6.07, 6.45) is 1.26. The number of hydrogen-bond donors (Lipinski definition) is 1. The van der Waals surface area contributed by atoms with Gasteiger partial charge in [0, 0.05) is 24.4 Å². The number of hydrogen-bond acceptors (Lipinski definition) is 4. The Labute approximate surface area is 206 Å². The van der Waals surface area contributed by atoms with Crippen LogP contribution in [-0.4, -0.2) is 34.5 Å². The van der Waals surface area contributed by atoms with Gasteiger partial charge in [0.05, 0.1) is 12.1 Å². The zero-order valence-corrected chi connectivity index (χ0v) is 21.4. The average Bonchev–Trinajstić information content (AvgIpc) is 2.72. The minimum absolute atomic E-state index is 0.140. The number of rotatable bonds is 6. The second-order valence-electron chi connectivity index (χ2n) is 9.62. The van der Waals surface area contributed by atoms with E-state index in [2.05, 4.69) is 28.5 Å². The molecule has 0 spiro atoms. The second-order valence-corrected chi connectivity index (χ2v) is 10.0. The van der Waals surface area contributed by atoms with Gasteiger partial charge in [0.2, 0.25) is 5.91 Å². The van der Waals surface area contributed by atoms with E-state index in [1.807, 2.05) is 52.0 Å². The highest BCUT2D eigenvalue weighted by Crippen LogP contribution is 2.24. The van der Waals surface area contributed by atoms with Gasteiger partial charge in [-0.2, -0.15) is 0 Å². The highest BCUT2D eigenvalue weighted by atomic mass is 35.5. The Bertz CT molecular complexity index is 1220. The number of carbonyl (C=O) groups is 2. The number of nitrogens with one attached hydrogen (secondary N) is 1. The van der Waals surface area contributed by atoms with E-state index in [4.69, 9.17) is 16.3 Å². The Morgan fingerprint density at radius 2 is 1.71 bits per heavy atom. The third kappa shape index (κ3) is 6.94. The van der Waals surface area contributed by atoms with E-state index >= 15 is 0 Å². The Balaban J connectivity index is 1.72. The molecule has 0 saturated carbocycles. The summed E-state index contributed by atoms with van der Waals surface area (Å²) >= 11 is 6.41. The molecule has 0 aliphatic rings. The molecule has 3 aromatic rings. The van der Waals surface area contributed by atoms with Gasteiger partial charge >= 0.3 is 6.09 Å². The zero-order valence-electron chi connectivity index (χ0n) is 20.7. The van der Waals surface area contributed by atoms with E-state index in [1.54, 1.807) is 7.05 Å². The Morgan fingerprint density at radius 3 is 2.35 bits per heavy atom. The summed E-state index contributed by atoms with van der Waals surface area (Å²) in [5.74, 6) is 0.421. The summed E-state index contributed by atoms with van der Waals surface area (Å²) < 4.78 is 5.44. The lowest BCUT2D eigenvalue weighted by atomic mass is 10.0. The highest BCUT2D eigenvalue weighted by molar-refractivity contribution is 6.31. The first-order chi connectivity index (χ1) is 15.9. The maximum absolute atomic E-state index is 12.3. The van der Waals surface area contributed by atoms with Crippen molar-refractivity contribution in [2.75, 3.05) is 12.4 Å². The predicted octanol–water partition coefficient (Wildman–Crippen LogP) is 6.31. The fourth-order valence-electron chi connectivity index (χ4n) is 3.70. The van der Waals surface area contributed by atoms with Crippen LogP contribution in [0.5, 0.6) is 0 Å². The van der Waals surface area contributed by atoms with Crippen LogP contribution in [0.4, 0.5) is 10.6 Å². The molecule has 34 heavy (non-hydrogen) atoms. The lowest BCUT2D eigenvalue weighted by Gasteiger charge is -2.25. The number of halogens is 1. The van der Waals surface area contributed by atoms with Gasteiger partial charge in [-0.05, 0) is 81.0 Å². The third-order valence-electron chi connectivity index (χ3n) is 5.31. The lowest BCUT2D eigenvalue weighted by molar-refractivity contribution is -0.114. The first-order valence-corrected chi connectivity index (χ1v) is 11.7. The van der Waals surface area contributed by atoms with E-state index in [0.717, 1.165) is 46.0 Å². The van der Waals surface area contributed by atoms with Gasteiger partial charge in [0.1, 0.15) is 11.4 Å². The first-order valence-electron chi connectivity index (χ1n) is 11.3. The van der Waals surface area contributed by atoms with Gasteiger partial charge < -0.3 is 15.0 Å². The smallest absolute Gasteiger partial charge is 0.410 e. The zero-order chi connectivity index (χ0) is 25.0. The van der Waals surface area contributed by atoms with E-state index < -0.39 is 5.60 Å². The average molecular weight is 482 g/mol. The number of aryl methyl sites for hydroxylation is 3. The number of fused-ring (bicyclic) bond motifs is 1. The molecule has 7 heteroatoms. The molecule has 0 saturated heterocycles. The topological polar surface area (TPSA) is 71.5 Å². The van der Waals surface area contributed by atoms with Gasteiger partial charge in [0.25, 0.3) is 0 Å². The maximum Gasteiger partial charge on any atom is 0.410 e. The SMILES string of the molecule is CC(=O)Nc1cc(C)c2ccc(CCc3ccc(Cl)c(CN(C)C(=O)OC(C)(C)C)c3)cc2n1. The number of carbonyl (C=O) groups excluding carboxylic acids is 2. The molecule has 0 fully saturated rings. The number of benzene rings is 2. The second kappa shape index (κ2) is 10.4. The highest BCUT2D eigenvalue weighted by Gasteiger charge is 2.20. The Morgan fingerprint density at radius 1 is 1.06 bits per heavy atom. The minimum atomic E-state index is -0.548. The van der Waals surface area contributed by atoms with Crippen molar-refractivity contribution in [2.45, 2.75) is 59.6 Å². The lowest BCUT2D eigenvalue weighted by Crippen LogP contribution is -2.33. The number of nitrogens with zero attached hydrogens (tertiary/aromatic N) is 2. The van der Waals surface area contributed by atoms with Crippen molar-refractivity contribution in [3.63, 3.8) is 0 Å². The van der Waals surface area contributed by atoms with Crippen molar-refractivity contribution in [2.24, 2.45) is 0 Å². The monoisotopic (exact) mass is 481 g/mol. The summed E-state index contributed by atoms with van der Waals surface area (Å²) in [4.78, 5) is 29.9. The molecule has 180 valence electrons. The molecule has 0 bridgehead atoms. The molecule has 0 unspecified atom stereocenters. The molecule has 1 N–H and O–H groups in total. The quantitative estimate of drug-likeness (QED) is 0.448. The molecular formula is C27H32ClN3O3. The molecular weight excluding hydrogens is 450 g/mol. The molecule has 2 amide bonds. The fraction of sp³-hybridized carbons (Fsp3) is 0.370. The van der Waals surface area contributed by atoms with E-state index in [9.17, 15) is 9.59 Å². The Hall–Kier alpha value is -3.12. The van der Waals surface area contributed by atoms with Gasteiger partial charge in [0.15, 0.2) is 0 Å². The van der Waals surface area contributed by atoms with Crippen LogP contribution in [0.1, 0.15) is 49.9 Å². The molecule has 0 aliphatic carbocycles. The molecule has 0 radical (unpaired) electrons. The van der Waals surface area contributed by atoms with Crippen LogP contribution in [0.2, 0.25) is 5.02 Å². The number of pyridine rings is 1. The standard InChI is InChI=1S/C27H32ClN3O3/c1-17-13-25(29-18(2)32)30-24-15-20(9-11-22(17)24)8-7-19-10-12-23(28)21(14-19)16-31(6)26(33)34-27(3,4)5/h9-15H,7-8,16H2,1-6H3,(H,29,30,32). The predicted molar refractivity (Wildman–Crippen MR) is 137 cm³/mol. The maximum atomic E-state index is 12.3. The van der Waals surface area contributed by atoms with Crippen molar-refractivity contribution in [3.8, 4) is 0 Å². The van der Waals surface area contributed by atoms with Crippen LogP contribution in [0.3, 0.4) is 0 Å². The normalized spacial score (nSPS) is 11.4. The molecule has 6 nitrogen and oxygen atoms in total. The first kappa shape index (κ1) is 25.5. The van der Waals surface area contributed by atoms with Crippen molar-refractivity contribution < 1.29 is 14.3 Å². The van der Waals surface area contributed by atoms with Gasteiger partial charge in [-0.15, -0.1) is 0 Å². The summed E-state index contributed by atoms with van der Waals surface area (Å²) in [6.45, 7) is 9.39. The van der Waals surface area contributed by atoms with Crippen molar-refractivity contribution in [1.82, 2.24) is 9.88 Å². The van der Waals surface area contributed by atoms with Crippen molar-refractivity contribution in [3.05, 3.63) is 69.7 Å². The summed E-state index contributed by atoms with van der Waals surface area (Å²) in [5.41, 5.74) is 4.54. The largest absolute Gasteiger partial charge is 0.444 e. The van der Waals surface area contributed by atoms with Crippen molar-refractivity contribution in [1.29, 1.82) is 0 Å². The Kier molecular flexibility index (Phi) is 7.82. The summed E-state index contributed by atoms with van der Waals surface area (Å²) in [6, 6.07) is 14.1. The number of anilines is 1. The molecule has 1 aromatic heterocycles. The molecule has 3 rings (SSSR count). The van der Waals surface area contributed by atoms with E-state index in [1.165, 1.54) is 11.8 Å². The van der Waals surface area contributed by atoms with Crippen molar-refractivity contribution >= 4 is 40.3 Å².